The Hall–Kier alpha value is -3.84. The first-order chi connectivity index (χ1) is 14.0. The molecule has 0 fully saturated rings. The fraction of sp³-hybridized carbons (Fsp3) is 0.273. The number of aromatic nitrogens is 2. The Morgan fingerprint density at radius 3 is 2.59 bits per heavy atom. The lowest BCUT2D eigenvalue weighted by Crippen LogP contribution is -2.33. The first-order valence-electron chi connectivity index (χ1n) is 9.30. The van der Waals surface area contributed by atoms with Crippen molar-refractivity contribution in [3.63, 3.8) is 0 Å². The Balaban J connectivity index is 1.64. The van der Waals surface area contributed by atoms with Crippen LogP contribution in [0.25, 0.3) is 11.0 Å². The highest BCUT2D eigenvalue weighted by Gasteiger charge is 2.19. The Labute approximate surface area is 168 Å². The summed E-state index contributed by atoms with van der Waals surface area (Å²) >= 11 is 0. The molecule has 29 heavy (non-hydrogen) atoms. The zero-order valence-corrected chi connectivity index (χ0v) is 16.1. The molecule has 0 radical (unpaired) electrons. The highest BCUT2D eigenvalue weighted by Crippen LogP contribution is 2.17. The predicted molar refractivity (Wildman–Crippen MR) is 108 cm³/mol. The standard InChI is InChI=1S/C22H21N5O2/c1-15-25-20-9-8-18(10-21(20)26-15)13-27(22(28)29)14-19(12-24)7-4-16-2-5-17(11-23)6-3-16/h2-3,5-6,8-10,19H,4,7,13-14H2,1H3,(H,25,26)(H,28,29). The maximum absolute atomic E-state index is 11.7. The van der Waals surface area contributed by atoms with Crippen molar-refractivity contribution < 1.29 is 9.90 Å². The highest BCUT2D eigenvalue weighted by atomic mass is 16.4. The minimum Gasteiger partial charge on any atom is -0.465 e. The molecule has 1 unspecified atom stereocenters. The average molecular weight is 387 g/mol. The Bertz CT molecular complexity index is 1090. The molecule has 1 aromatic heterocycles. The molecular formula is C22H21N5O2. The lowest BCUT2D eigenvalue weighted by Gasteiger charge is -2.22. The van der Waals surface area contributed by atoms with Gasteiger partial charge in [-0.2, -0.15) is 10.5 Å². The van der Waals surface area contributed by atoms with Crippen molar-refractivity contribution in [2.24, 2.45) is 5.92 Å². The molecule has 1 atom stereocenters. The van der Waals surface area contributed by atoms with Gasteiger partial charge in [0.05, 0.1) is 34.7 Å². The van der Waals surface area contributed by atoms with E-state index in [9.17, 15) is 15.2 Å². The Morgan fingerprint density at radius 2 is 1.93 bits per heavy atom. The van der Waals surface area contributed by atoms with Crippen LogP contribution in [0.3, 0.4) is 0 Å². The van der Waals surface area contributed by atoms with Crippen molar-refractivity contribution in [3.05, 3.63) is 65.0 Å². The van der Waals surface area contributed by atoms with Crippen LogP contribution in [-0.2, 0) is 13.0 Å². The summed E-state index contributed by atoms with van der Waals surface area (Å²) in [6, 6.07) is 17.1. The number of nitrogens with one attached hydrogen (secondary N) is 1. The van der Waals surface area contributed by atoms with E-state index in [1.165, 1.54) is 4.90 Å². The van der Waals surface area contributed by atoms with Gasteiger partial charge in [-0.1, -0.05) is 18.2 Å². The van der Waals surface area contributed by atoms with Crippen LogP contribution in [0.15, 0.2) is 42.5 Å². The molecule has 0 aliphatic heterocycles. The fourth-order valence-electron chi connectivity index (χ4n) is 3.26. The van der Waals surface area contributed by atoms with Crippen molar-refractivity contribution in [2.45, 2.75) is 26.3 Å². The van der Waals surface area contributed by atoms with E-state index in [2.05, 4.69) is 22.1 Å². The summed E-state index contributed by atoms with van der Waals surface area (Å²) in [6.07, 6.45) is 0.145. The van der Waals surface area contributed by atoms with Crippen LogP contribution in [0.2, 0.25) is 0 Å². The smallest absolute Gasteiger partial charge is 0.407 e. The van der Waals surface area contributed by atoms with Gasteiger partial charge in [0.2, 0.25) is 0 Å². The van der Waals surface area contributed by atoms with Crippen LogP contribution in [0.5, 0.6) is 0 Å². The summed E-state index contributed by atoms with van der Waals surface area (Å²) in [5.74, 6) is 0.388. The third-order valence-corrected chi connectivity index (χ3v) is 4.80. The minimum absolute atomic E-state index is 0.141. The van der Waals surface area contributed by atoms with Crippen molar-refractivity contribution in [1.82, 2.24) is 14.9 Å². The lowest BCUT2D eigenvalue weighted by atomic mass is 9.99. The third-order valence-electron chi connectivity index (χ3n) is 4.80. The minimum atomic E-state index is -1.05. The van der Waals surface area contributed by atoms with Crippen LogP contribution >= 0.6 is 0 Å². The number of rotatable bonds is 7. The van der Waals surface area contributed by atoms with Crippen LogP contribution in [0.4, 0.5) is 4.79 Å². The van der Waals surface area contributed by atoms with E-state index < -0.39 is 12.0 Å². The van der Waals surface area contributed by atoms with Crippen LogP contribution in [0, 0.1) is 35.5 Å². The highest BCUT2D eigenvalue weighted by molar-refractivity contribution is 5.76. The van der Waals surface area contributed by atoms with Gasteiger partial charge >= 0.3 is 6.09 Å². The summed E-state index contributed by atoms with van der Waals surface area (Å²) in [7, 11) is 0. The number of aryl methyl sites for hydroxylation is 2. The molecule has 0 spiro atoms. The van der Waals surface area contributed by atoms with E-state index in [0.717, 1.165) is 28.0 Å². The van der Waals surface area contributed by atoms with Gasteiger partial charge in [0.1, 0.15) is 5.82 Å². The fourth-order valence-corrected chi connectivity index (χ4v) is 3.26. The summed E-state index contributed by atoms with van der Waals surface area (Å²) in [4.78, 5) is 20.5. The molecule has 3 rings (SSSR count). The maximum Gasteiger partial charge on any atom is 0.407 e. The zero-order valence-electron chi connectivity index (χ0n) is 16.1. The van der Waals surface area contributed by atoms with Crippen molar-refractivity contribution in [1.29, 1.82) is 10.5 Å². The van der Waals surface area contributed by atoms with Crippen molar-refractivity contribution >= 4 is 17.1 Å². The van der Waals surface area contributed by atoms with E-state index in [0.29, 0.717) is 18.4 Å². The SMILES string of the molecule is Cc1nc2ccc(CN(CC(C#N)CCc3ccc(C#N)cc3)C(=O)O)cc2[nH]1. The topological polar surface area (TPSA) is 117 Å². The Kier molecular flexibility index (Phi) is 6.11. The summed E-state index contributed by atoms with van der Waals surface area (Å²) < 4.78 is 0. The number of amides is 1. The van der Waals surface area contributed by atoms with Gasteiger partial charge in [0.25, 0.3) is 0 Å². The second-order valence-corrected chi connectivity index (χ2v) is 7.01. The molecule has 7 nitrogen and oxygen atoms in total. The lowest BCUT2D eigenvalue weighted by molar-refractivity contribution is 0.137. The molecule has 1 heterocycles. The van der Waals surface area contributed by atoms with Gasteiger partial charge in [-0.15, -0.1) is 0 Å². The van der Waals surface area contributed by atoms with Crippen LogP contribution < -0.4 is 0 Å². The average Bonchev–Trinajstić information content (AvgIpc) is 3.09. The van der Waals surface area contributed by atoms with Crippen molar-refractivity contribution in [2.75, 3.05) is 6.54 Å². The van der Waals surface area contributed by atoms with Crippen LogP contribution in [0.1, 0.15) is 28.9 Å². The molecule has 2 N–H and O–H groups in total. The second-order valence-electron chi connectivity index (χ2n) is 7.01. The first-order valence-corrected chi connectivity index (χ1v) is 9.30. The Morgan fingerprint density at radius 1 is 1.21 bits per heavy atom. The van der Waals surface area contributed by atoms with Gasteiger partial charge in [-0.25, -0.2) is 9.78 Å². The van der Waals surface area contributed by atoms with E-state index in [1.54, 1.807) is 12.1 Å². The number of benzene rings is 2. The molecule has 0 saturated heterocycles. The molecule has 3 aromatic rings. The van der Waals surface area contributed by atoms with Gasteiger partial charge in [-0.05, 0) is 55.2 Å². The second kappa shape index (κ2) is 8.90. The molecule has 2 aromatic carbocycles. The van der Waals surface area contributed by atoms with Gasteiger partial charge in [0.15, 0.2) is 0 Å². The zero-order chi connectivity index (χ0) is 20.8. The number of carbonyl (C=O) groups is 1. The van der Waals surface area contributed by atoms with Gasteiger partial charge < -0.3 is 15.0 Å². The summed E-state index contributed by atoms with van der Waals surface area (Å²) in [6.45, 7) is 2.22. The first kappa shape index (κ1) is 19.9. The predicted octanol–water partition coefficient (Wildman–Crippen LogP) is 4.00. The number of nitrogens with zero attached hydrogens (tertiary/aromatic N) is 4. The number of imidazole rings is 1. The van der Waals surface area contributed by atoms with Gasteiger partial charge in [-0.3, -0.25) is 0 Å². The largest absolute Gasteiger partial charge is 0.465 e. The molecule has 0 aliphatic carbocycles. The maximum atomic E-state index is 11.7. The molecule has 0 saturated carbocycles. The number of fused-ring (bicyclic) bond motifs is 1. The molecule has 1 amide bonds. The monoisotopic (exact) mass is 387 g/mol. The van der Waals surface area contributed by atoms with Crippen LogP contribution in [-0.4, -0.2) is 32.6 Å². The van der Waals surface area contributed by atoms with E-state index in [4.69, 9.17) is 5.26 Å². The number of hydrogen-bond acceptors (Lipinski definition) is 4. The molecule has 7 heteroatoms. The number of nitriles is 2. The number of aromatic amines is 1. The van der Waals surface area contributed by atoms with E-state index in [1.807, 2.05) is 37.3 Å². The molecular weight excluding hydrogens is 366 g/mol. The number of hydrogen-bond donors (Lipinski definition) is 2. The summed E-state index contributed by atoms with van der Waals surface area (Å²) in [5.41, 5.74) is 4.15. The van der Waals surface area contributed by atoms with Crippen molar-refractivity contribution in [3.8, 4) is 12.1 Å². The summed E-state index contributed by atoms with van der Waals surface area (Å²) in [5, 5.41) is 28.0. The van der Waals surface area contributed by atoms with E-state index in [-0.39, 0.29) is 13.1 Å². The van der Waals surface area contributed by atoms with E-state index >= 15 is 0 Å². The molecule has 146 valence electrons. The quantitative estimate of drug-likeness (QED) is 0.635. The number of carboxylic acid groups (broad SMARTS) is 1. The number of H-pyrrole nitrogens is 1. The van der Waals surface area contributed by atoms with Gasteiger partial charge in [0, 0.05) is 13.1 Å². The molecule has 0 bridgehead atoms. The third kappa shape index (κ3) is 5.12. The normalized spacial score (nSPS) is 11.6. The molecule has 0 aliphatic rings.